The van der Waals surface area contributed by atoms with Crippen LogP contribution in [0.4, 0.5) is 0 Å². The minimum absolute atomic E-state index is 1.12. The lowest BCUT2D eigenvalue weighted by atomic mass is 9.92. The molecule has 0 aromatic heterocycles. The highest BCUT2D eigenvalue weighted by molar-refractivity contribution is 5.72. The van der Waals surface area contributed by atoms with Crippen molar-refractivity contribution in [3.05, 3.63) is 47.5 Å². The lowest BCUT2D eigenvalue weighted by Crippen LogP contribution is -1.94. The second-order valence-corrected chi connectivity index (χ2v) is 4.68. The molecule has 0 nitrogen and oxygen atoms in total. The molecule has 0 unspecified atom stereocenters. The van der Waals surface area contributed by atoms with Crippen LogP contribution in [0.1, 0.15) is 56.4 Å². The van der Waals surface area contributed by atoms with Crippen LogP contribution in [0, 0.1) is 13.8 Å². The van der Waals surface area contributed by atoms with E-state index >= 15 is 0 Å². The number of benzene rings is 1. The van der Waals surface area contributed by atoms with Gasteiger partial charge >= 0.3 is 0 Å². The van der Waals surface area contributed by atoms with Crippen LogP contribution in [0.5, 0.6) is 0 Å². The van der Waals surface area contributed by atoms with Crippen molar-refractivity contribution in [1.82, 2.24) is 0 Å². The normalized spacial score (nSPS) is 9.29. The van der Waals surface area contributed by atoms with Gasteiger partial charge in [0.2, 0.25) is 0 Å². The molecule has 0 heterocycles. The summed E-state index contributed by atoms with van der Waals surface area (Å²) in [5, 5.41) is 0. The van der Waals surface area contributed by atoms with E-state index in [-0.39, 0.29) is 0 Å². The van der Waals surface area contributed by atoms with Gasteiger partial charge < -0.3 is 0 Å². The fourth-order valence-corrected chi connectivity index (χ4v) is 1.75. The minimum Gasteiger partial charge on any atom is -0.0955 e. The minimum atomic E-state index is 1.12. The van der Waals surface area contributed by atoms with Crippen molar-refractivity contribution in [2.45, 2.75) is 48.0 Å². The van der Waals surface area contributed by atoms with Gasteiger partial charge in [0.05, 0.1) is 0 Å². The molecule has 0 amide bonds. The molecule has 0 N–H and O–H groups in total. The summed E-state index contributed by atoms with van der Waals surface area (Å²) in [5.74, 6) is 0. The summed E-state index contributed by atoms with van der Waals surface area (Å²) in [6, 6.07) is 4.27. The molecule has 0 fully saturated rings. The van der Waals surface area contributed by atoms with Crippen LogP contribution in [0.3, 0.4) is 0 Å². The first-order valence-corrected chi connectivity index (χ1v) is 6.28. The van der Waals surface area contributed by atoms with Crippen molar-refractivity contribution < 1.29 is 0 Å². The van der Waals surface area contributed by atoms with Gasteiger partial charge in [0, 0.05) is 0 Å². The van der Waals surface area contributed by atoms with Crippen molar-refractivity contribution in [3.8, 4) is 0 Å². The summed E-state index contributed by atoms with van der Waals surface area (Å²) < 4.78 is 0. The fourth-order valence-electron chi connectivity index (χ4n) is 1.75. The zero-order chi connectivity index (χ0) is 13.6. The quantitative estimate of drug-likeness (QED) is 0.603. The van der Waals surface area contributed by atoms with E-state index in [9.17, 15) is 0 Å². The van der Waals surface area contributed by atoms with Crippen molar-refractivity contribution in [1.29, 1.82) is 0 Å². The summed E-state index contributed by atoms with van der Waals surface area (Å²) in [6.07, 6.45) is 1.25. The predicted octanol–water partition coefficient (Wildman–Crippen LogP) is 5.79. The zero-order valence-corrected chi connectivity index (χ0v) is 12.3. The van der Waals surface area contributed by atoms with Gasteiger partial charge in [0.25, 0.3) is 0 Å². The molecule has 0 aliphatic carbocycles. The largest absolute Gasteiger partial charge is 0.0955 e. The van der Waals surface area contributed by atoms with Crippen molar-refractivity contribution >= 4 is 11.1 Å². The lowest BCUT2D eigenvalue weighted by molar-refractivity contribution is 1.09. The van der Waals surface area contributed by atoms with Gasteiger partial charge in [-0.05, 0) is 49.9 Å². The number of hydrogen-bond acceptors (Lipinski definition) is 0. The highest BCUT2D eigenvalue weighted by Crippen LogP contribution is 2.26. The van der Waals surface area contributed by atoms with E-state index in [1.807, 2.05) is 13.8 Å². The van der Waals surface area contributed by atoms with Gasteiger partial charge in [-0.1, -0.05) is 56.7 Å². The predicted molar refractivity (Wildman–Crippen MR) is 81.3 cm³/mol. The molecule has 94 valence electrons. The molecule has 0 saturated carbocycles. The van der Waals surface area contributed by atoms with E-state index in [4.69, 9.17) is 0 Å². The second kappa shape index (κ2) is 7.11. The van der Waals surface area contributed by atoms with Crippen LogP contribution in [0.2, 0.25) is 0 Å². The molecule has 0 bridgehead atoms. The topological polar surface area (TPSA) is 0 Å². The Hall–Kier alpha value is -1.30. The lowest BCUT2D eigenvalue weighted by Gasteiger charge is -2.13. The molecular weight excluding hydrogens is 204 g/mol. The third-order valence-corrected chi connectivity index (χ3v) is 2.71. The Morgan fingerprint density at radius 1 is 0.882 bits per heavy atom. The number of hydrogen-bond donors (Lipinski definition) is 0. The highest BCUT2D eigenvalue weighted by atomic mass is 14.1. The van der Waals surface area contributed by atoms with Crippen molar-refractivity contribution in [3.63, 3.8) is 0 Å². The summed E-state index contributed by atoms with van der Waals surface area (Å²) in [5.41, 5.74) is 7.40. The Labute approximate surface area is 107 Å². The van der Waals surface area contributed by atoms with Crippen molar-refractivity contribution in [2.75, 3.05) is 0 Å². The molecule has 1 aromatic rings. The third kappa shape index (κ3) is 4.22. The average molecular weight is 230 g/mol. The first kappa shape index (κ1) is 15.7. The Morgan fingerprint density at radius 2 is 1.12 bits per heavy atom. The molecule has 0 spiro atoms. The summed E-state index contributed by atoms with van der Waals surface area (Å²) in [7, 11) is 0. The van der Waals surface area contributed by atoms with Gasteiger partial charge in [-0.25, -0.2) is 0 Å². The monoisotopic (exact) mass is 230 g/mol. The molecule has 17 heavy (non-hydrogen) atoms. The standard InChI is InChI=1S/C14H18.C3H8/c1-9(2)13-7-8-14(10(3)4)12(6)11(13)5;1-3-2/h7-8H,1,3H2,2,4-6H3;3H2,1-2H3. The van der Waals surface area contributed by atoms with E-state index in [2.05, 4.69) is 53.0 Å². The maximum atomic E-state index is 3.98. The molecule has 0 aliphatic rings. The van der Waals surface area contributed by atoms with E-state index in [1.165, 1.54) is 28.7 Å². The van der Waals surface area contributed by atoms with Crippen LogP contribution >= 0.6 is 0 Å². The molecule has 0 saturated heterocycles. The van der Waals surface area contributed by atoms with E-state index in [1.54, 1.807) is 0 Å². The Bertz CT molecular complexity index is 369. The molecule has 0 radical (unpaired) electrons. The molecule has 0 atom stereocenters. The summed E-state index contributed by atoms with van der Waals surface area (Å²) >= 11 is 0. The molecule has 1 rings (SSSR count). The van der Waals surface area contributed by atoms with Gasteiger partial charge in [-0.2, -0.15) is 0 Å². The average Bonchev–Trinajstić information content (AvgIpc) is 2.22. The van der Waals surface area contributed by atoms with E-state index in [0.717, 1.165) is 11.1 Å². The number of allylic oxidation sites excluding steroid dienone is 2. The molecule has 0 aliphatic heterocycles. The second-order valence-electron chi connectivity index (χ2n) is 4.68. The first-order chi connectivity index (χ1) is 7.86. The SMILES string of the molecule is C=C(C)c1ccc(C(=C)C)c(C)c1C.CCC. The van der Waals surface area contributed by atoms with Crippen LogP contribution < -0.4 is 0 Å². The van der Waals surface area contributed by atoms with Gasteiger partial charge in [0.1, 0.15) is 0 Å². The van der Waals surface area contributed by atoms with Crippen LogP contribution in [-0.2, 0) is 0 Å². The molecule has 1 aromatic carbocycles. The van der Waals surface area contributed by atoms with E-state index < -0.39 is 0 Å². The summed E-state index contributed by atoms with van der Waals surface area (Å²) in [4.78, 5) is 0. The first-order valence-electron chi connectivity index (χ1n) is 6.28. The van der Waals surface area contributed by atoms with Gasteiger partial charge in [-0.15, -0.1) is 0 Å². The van der Waals surface area contributed by atoms with Crippen LogP contribution in [0.25, 0.3) is 11.1 Å². The van der Waals surface area contributed by atoms with Crippen LogP contribution in [0.15, 0.2) is 25.3 Å². The van der Waals surface area contributed by atoms with E-state index in [0.29, 0.717) is 0 Å². The van der Waals surface area contributed by atoms with Crippen LogP contribution in [-0.4, -0.2) is 0 Å². The Morgan fingerprint density at radius 3 is 1.29 bits per heavy atom. The summed E-state index contributed by atoms with van der Waals surface area (Å²) in [6.45, 7) is 20.6. The van der Waals surface area contributed by atoms with Crippen molar-refractivity contribution in [2.24, 2.45) is 0 Å². The highest BCUT2D eigenvalue weighted by Gasteiger charge is 2.06. The third-order valence-electron chi connectivity index (χ3n) is 2.71. The van der Waals surface area contributed by atoms with Gasteiger partial charge in [0.15, 0.2) is 0 Å². The molecular formula is C17H26. The Kier molecular flexibility index (Phi) is 6.57. The zero-order valence-electron chi connectivity index (χ0n) is 12.3. The molecule has 0 heteroatoms. The maximum absolute atomic E-state index is 3.98. The van der Waals surface area contributed by atoms with Gasteiger partial charge in [-0.3, -0.25) is 0 Å². The number of rotatable bonds is 2. The fraction of sp³-hybridized carbons (Fsp3) is 0.412. The Balaban J connectivity index is 0.000000770. The maximum Gasteiger partial charge on any atom is -0.0201 e. The smallest absolute Gasteiger partial charge is 0.0201 e.